The number of rotatable bonds is 4. The highest BCUT2D eigenvalue weighted by atomic mass is 35.5. The molecule has 0 aliphatic heterocycles. The van der Waals surface area contributed by atoms with Crippen LogP contribution >= 0.6 is 11.6 Å². The van der Waals surface area contributed by atoms with Gasteiger partial charge in [-0.05, 0) is 30.0 Å². The zero-order chi connectivity index (χ0) is 18.2. The molecule has 0 spiro atoms. The Kier molecular flexibility index (Phi) is 4.84. The summed E-state index contributed by atoms with van der Waals surface area (Å²) in [7, 11) is 0. The molecule has 0 aliphatic carbocycles. The lowest BCUT2D eigenvalue weighted by atomic mass is 9.86. The van der Waals surface area contributed by atoms with Crippen LogP contribution in [0.2, 0.25) is 5.02 Å². The summed E-state index contributed by atoms with van der Waals surface area (Å²) in [5, 5.41) is 12.3. The van der Waals surface area contributed by atoms with Gasteiger partial charge in [0.05, 0.1) is 27.9 Å². The largest absolute Gasteiger partial charge is 0.378 e. The predicted molar refractivity (Wildman–Crippen MR) is 96.1 cm³/mol. The van der Waals surface area contributed by atoms with Crippen LogP contribution in [0.5, 0.6) is 0 Å². The number of nitrogens with zero attached hydrogens (tertiary/aromatic N) is 1. The highest BCUT2D eigenvalue weighted by molar-refractivity contribution is 6.31. The van der Waals surface area contributed by atoms with Gasteiger partial charge in [-0.25, -0.2) is 0 Å². The molecule has 0 saturated carbocycles. The van der Waals surface area contributed by atoms with Gasteiger partial charge in [-0.2, -0.15) is 5.26 Å². The molecule has 6 heteroatoms. The van der Waals surface area contributed by atoms with E-state index in [1.807, 2.05) is 33.8 Å². The van der Waals surface area contributed by atoms with Crippen molar-refractivity contribution >= 4 is 17.3 Å². The van der Waals surface area contributed by atoms with Gasteiger partial charge in [-0.1, -0.05) is 38.4 Å². The van der Waals surface area contributed by atoms with E-state index >= 15 is 0 Å². The molecule has 0 aromatic heterocycles. The van der Waals surface area contributed by atoms with E-state index in [9.17, 15) is 9.59 Å². The summed E-state index contributed by atoms with van der Waals surface area (Å²) in [6.45, 7) is 8.06. The SMILES string of the molecule is CC(Nc1c(C(N)c2ccc(C#N)c(Cl)c2)c(=O)c1=O)C(C)(C)C. The molecule has 0 saturated heterocycles. The van der Waals surface area contributed by atoms with Gasteiger partial charge >= 0.3 is 0 Å². The second-order valence-corrected chi connectivity index (χ2v) is 7.41. The zero-order valence-electron chi connectivity index (χ0n) is 14.1. The average molecular weight is 346 g/mol. The molecule has 0 heterocycles. The van der Waals surface area contributed by atoms with Gasteiger partial charge in [0.15, 0.2) is 0 Å². The van der Waals surface area contributed by atoms with Gasteiger partial charge in [0.2, 0.25) is 10.9 Å². The van der Waals surface area contributed by atoms with Gasteiger partial charge in [-0.15, -0.1) is 0 Å². The molecule has 0 radical (unpaired) electrons. The first-order chi connectivity index (χ1) is 11.1. The molecule has 2 atom stereocenters. The fourth-order valence-corrected chi connectivity index (χ4v) is 2.50. The maximum atomic E-state index is 12.0. The van der Waals surface area contributed by atoms with Gasteiger partial charge < -0.3 is 11.1 Å². The highest BCUT2D eigenvalue weighted by Gasteiger charge is 2.30. The van der Waals surface area contributed by atoms with E-state index in [1.165, 1.54) is 0 Å². The van der Waals surface area contributed by atoms with Crippen molar-refractivity contribution in [3.8, 4) is 6.07 Å². The predicted octanol–water partition coefficient (Wildman–Crippen LogP) is 2.70. The number of benzene rings is 1. The van der Waals surface area contributed by atoms with E-state index in [1.54, 1.807) is 18.2 Å². The molecule has 2 rings (SSSR count). The first kappa shape index (κ1) is 18.2. The van der Waals surface area contributed by atoms with Crippen molar-refractivity contribution in [2.45, 2.75) is 39.8 Å². The van der Waals surface area contributed by atoms with Gasteiger partial charge in [0.25, 0.3) is 0 Å². The number of anilines is 1. The molecular weight excluding hydrogens is 326 g/mol. The number of nitrogens with two attached hydrogens (primary N) is 1. The Labute approximate surface area is 145 Å². The van der Waals surface area contributed by atoms with E-state index in [-0.39, 0.29) is 27.7 Å². The molecule has 2 unspecified atom stereocenters. The molecule has 0 amide bonds. The average Bonchev–Trinajstić information content (AvgIpc) is 2.52. The van der Waals surface area contributed by atoms with E-state index in [4.69, 9.17) is 22.6 Å². The Balaban J connectivity index is 2.38. The third-order valence-electron chi connectivity index (χ3n) is 4.39. The minimum Gasteiger partial charge on any atom is -0.378 e. The Bertz CT molecular complexity index is 883. The molecule has 2 aromatic rings. The van der Waals surface area contributed by atoms with Crippen molar-refractivity contribution in [1.29, 1.82) is 5.26 Å². The number of nitriles is 1. The minimum absolute atomic E-state index is 0.0173. The summed E-state index contributed by atoms with van der Waals surface area (Å²) in [5.41, 5.74) is 6.42. The van der Waals surface area contributed by atoms with Crippen molar-refractivity contribution in [3.63, 3.8) is 0 Å². The normalized spacial score (nSPS) is 14.2. The summed E-state index contributed by atoms with van der Waals surface area (Å²) in [6, 6.07) is 5.93. The van der Waals surface area contributed by atoms with E-state index in [0.717, 1.165) is 0 Å². The van der Waals surface area contributed by atoms with Crippen molar-refractivity contribution in [3.05, 3.63) is 60.4 Å². The van der Waals surface area contributed by atoms with Crippen LogP contribution in [0, 0.1) is 16.7 Å². The quantitative estimate of drug-likeness (QED) is 0.830. The number of halogens is 1. The molecule has 3 N–H and O–H groups in total. The summed E-state index contributed by atoms with van der Waals surface area (Å²) in [5.74, 6) is 0. The number of hydrogen-bond acceptors (Lipinski definition) is 5. The molecule has 2 aromatic carbocycles. The molecule has 0 bridgehead atoms. The molecule has 126 valence electrons. The van der Waals surface area contributed by atoms with Crippen LogP contribution in [0.15, 0.2) is 27.8 Å². The molecule has 0 aliphatic rings. The zero-order valence-corrected chi connectivity index (χ0v) is 14.9. The summed E-state index contributed by atoms with van der Waals surface area (Å²) in [4.78, 5) is 24.0. The maximum Gasteiger partial charge on any atom is 0.249 e. The van der Waals surface area contributed by atoms with Crippen molar-refractivity contribution < 1.29 is 0 Å². The van der Waals surface area contributed by atoms with Crippen LogP contribution in [0.25, 0.3) is 0 Å². The van der Waals surface area contributed by atoms with Gasteiger partial charge in [0.1, 0.15) is 6.07 Å². The standard InChI is InChI=1S/C18H20ClN3O2/c1-9(18(2,3)4)22-15-13(16(23)17(15)24)14(21)10-5-6-11(8-20)12(19)7-10/h5-7,9,14,22H,21H2,1-4H3. The summed E-state index contributed by atoms with van der Waals surface area (Å²) >= 11 is 6.02. The lowest BCUT2D eigenvalue weighted by Crippen LogP contribution is -2.45. The number of nitrogens with one attached hydrogen (secondary N) is 1. The van der Waals surface area contributed by atoms with Crippen molar-refractivity contribution in [2.24, 2.45) is 11.1 Å². The van der Waals surface area contributed by atoms with Crippen LogP contribution in [0.4, 0.5) is 5.69 Å². The monoisotopic (exact) mass is 345 g/mol. The van der Waals surface area contributed by atoms with Crippen LogP contribution < -0.4 is 21.9 Å². The first-order valence-corrected chi connectivity index (χ1v) is 8.00. The fraction of sp³-hybridized carbons (Fsp3) is 0.389. The second-order valence-electron chi connectivity index (χ2n) is 7.01. The van der Waals surface area contributed by atoms with Gasteiger partial charge in [0, 0.05) is 6.04 Å². The topological polar surface area (TPSA) is 96.0 Å². The highest BCUT2D eigenvalue weighted by Crippen LogP contribution is 2.29. The van der Waals surface area contributed by atoms with E-state index < -0.39 is 16.9 Å². The van der Waals surface area contributed by atoms with Crippen LogP contribution in [0.1, 0.15) is 50.4 Å². The maximum absolute atomic E-state index is 12.0. The van der Waals surface area contributed by atoms with Gasteiger partial charge in [-0.3, -0.25) is 9.59 Å². The van der Waals surface area contributed by atoms with Crippen molar-refractivity contribution in [2.75, 3.05) is 5.32 Å². The Morgan fingerprint density at radius 3 is 2.38 bits per heavy atom. The second kappa shape index (κ2) is 6.39. The van der Waals surface area contributed by atoms with E-state index in [0.29, 0.717) is 11.1 Å². The Morgan fingerprint density at radius 1 is 1.25 bits per heavy atom. The molecule has 0 fully saturated rings. The smallest absolute Gasteiger partial charge is 0.249 e. The Hall–Kier alpha value is -2.16. The summed E-state index contributed by atoms with van der Waals surface area (Å²) in [6.07, 6.45) is 0. The molecular formula is C18H20ClN3O2. The third kappa shape index (κ3) is 3.21. The van der Waals surface area contributed by atoms with E-state index in [2.05, 4.69) is 5.32 Å². The minimum atomic E-state index is -0.768. The lowest BCUT2D eigenvalue weighted by molar-refractivity contribution is 0.359. The van der Waals surface area contributed by atoms with Crippen LogP contribution in [-0.2, 0) is 0 Å². The summed E-state index contributed by atoms with van der Waals surface area (Å²) < 4.78 is 0. The van der Waals surface area contributed by atoms with Crippen molar-refractivity contribution in [1.82, 2.24) is 0 Å². The van der Waals surface area contributed by atoms with Crippen LogP contribution in [-0.4, -0.2) is 6.04 Å². The van der Waals surface area contributed by atoms with Crippen LogP contribution in [0.3, 0.4) is 0 Å². The molecule has 24 heavy (non-hydrogen) atoms. The first-order valence-electron chi connectivity index (χ1n) is 7.62. The fourth-order valence-electron chi connectivity index (χ4n) is 2.26. The Morgan fingerprint density at radius 2 is 1.88 bits per heavy atom. The number of hydrogen-bond donors (Lipinski definition) is 2. The molecule has 5 nitrogen and oxygen atoms in total. The third-order valence-corrected chi connectivity index (χ3v) is 4.70. The lowest BCUT2D eigenvalue weighted by Gasteiger charge is -2.31.